The van der Waals surface area contributed by atoms with Crippen molar-refractivity contribution in [2.45, 2.75) is 12.2 Å². The van der Waals surface area contributed by atoms with Gasteiger partial charge in [0.05, 0.1) is 5.56 Å². The molecule has 0 saturated carbocycles. The first-order valence-corrected chi connectivity index (χ1v) is 5.64. The fourth-order valence-electron chi connectivity index (χ4n) is 1.91. The molecule has 4 nitrogen and oxygen atoms in total. The van der Waals surface area contributed by atoms with Crippen molar-refractivity contribution in [2.24, 2.45) is 12.9 Å². The third-order valence-corrected chi connectivity index (χ3v) is 2.91. The lowest BCUT2D eigenvalue weighted by molar-refractivity contribution is -0.140. The molecule has 1 unspecified atom stereocenters. The van der Waals surface area contributed by atoms with E-state index in [0.29, 0.717) is 5.82 Å². The van der Waals surface area contributed by atoms with Gasteiger partial charge in [-0.05, 0) is 17.7 Å². The monoisotopic (exact) mass is 288 g/mol. The van der Waals surface area contributed by atoms with Crippen LogP contribution in [0, 0.1) is 5.82 Å². The summed E-state index contributed by atoms with van der Waals surface area (Å²) in [5.74, 6) is 4.48. The number of imidazole rings is 1. The summed E-state index contributed by atoms with van der Waals surface area (Å²) < 4.78 is 53.0. The SMILES string of the molecule is Cn1ccnc1C(NN)c1ccc(F)c(C(F)(F)F)c1. The Morgan fingerprint density at radius 1 is 1.35 bits per heavy atom. The van der Waals surface area contributed by atoms with Crippen molar-refractivity contribution >= 4 is 0 Å². The number of aromatic nitrogens is 2. The van der Waals surface area contributed by atoms with Gasteiger partial charge in [0, 0.05) is 19.4 Å². The molecule has 20 heavy (non-hydrogen) atoms. The Balaban J connectivity index is 2.49. The normalized spacial score (nSPS) is 13.5. The molecule has 0 aliphatic rings. The number of rotatable bonds is 3. The molecule has 1 atom stereocenters. The van der Waals surface area contributed by atoms with E-state index in [2.05, 4.69) is 10.4 Å². The van der Waals surface area contributed by atoms with Crippen molar-refractivity contribution in [3.63, 3.8) is 0 Å². The van der Waals surface area contributed by atoms with Gasteiger partial charge in [0.1, 0.15) is 17.7 Å². The molecule has 0 spiro atoms. The van der Waals surface area contributed by atoms with Gasteiger partial charge in [-0.1, -0.05) is 6.07 Å². The molecule has 3 N–H and O–H groups in total. The minimum Gasteiger partial charge on any atom is -0.336 e. The van der Waals surface area contributed by atoms with Crippen LogP contribution in [0.4, 0.5) is 17.6 Å². The summed E-state index contributed by atoms with van der Waals surface area (Å²) in [5.41, 5.74) is 1.23. The van der Waals surface area contributed by atoms with Crippen molar-refractivity contribution in [1.82, 2.24) is 15.0 Å². The zero-order valence-corrected chi connectivity index (χ0v) is 10.4. The molecule has 1 heterocycles. The maximum atomic E-state index is 13.3. The van der Waals surface area contributed by atoms with Crippen LogP contribution >= 0.6 is 0 Å². The number of hydrogen-bond donors (Lipinski definition) is 2. The second-order valence-corrected chi connectivity index (χ2v) is 4.23. The molecule has 0 aliphatic carbocycles. The number of aryl methyl sites for hydroxylation is 1. The third kappa shape index (κ3) is 2.66. The summed E-state index contributed by atoms with van der Waals surface area (Å²) in [4.78, 5) is 4.02. The standard InChI is InChI=1S/C12H12F4N4/c1-20-5-4-18-11(20)10(19-17)7-2-3-9(13)8(6-7)12(14,15)16/h2-6,10,19H,17H2,1H3. The molecular weight excluding hydrogens is 276 g/mol. The molecule has 1 aromatic heterocycles. The van der Waals surface area contributed by atoms with E-state index < -0.39 is 23.6 Å². The number of alkyl halides is 3. The zero-order chi connectivity index (χ0) is 14.9. The number of hydrazine groups is 1. The first-order valence-electron chi connectivity index (χ1n) is 5.64. The molecule has 0 radical (unpaired) electrons. The van der Waals surface area contributed by atoms with Gasteiger partial charge >= 0.3 is 6.18 Å². The van der Waals surface area contributed by atoms with Gasteiger partial charge in [0.15, 0.2) is 0 Å². The van der Waals surface area contributed by atoms with Crippen LogP contribution in [-0.2, 0) is 13.2 Å². The number of benzene rings is 1. The van der Waals surface area contributed by atoms with E-state index in [1.54, 1.807) is 17.8 Å². The van der Waals surface area contributed by atoms with Crippen LogP contribution in [0.1, 0.15) is 23.0 Å². The van der Waals surface area contributed by atoms with Crippen molar-refractivity contribution in [1.29, 1.82) is 0 Å². The van der Waals surface area contributed by atoms with Gasteiger partial charge in [-0.25, -0.2) is 14.8 Å². The van der Waals surface area contributed by atoms with Gasteiger partial charge in [-0.15, -0.1) is 0 Å². The minimum absolute atomic E-state index is 0.176. The molecule has 1 aromatic carbocycles. The summed E-state index contributed by atoms with van der Waals surface area (Å²) in [6.45, 7) is 0. The minimum atomic E-state index is -4.76. The van der Waals surface area contributed by atoms with E-state index in [4.69, 9.17) is 5.84 Å². The van der Waals surface area contributed by atoms with E-state index in [1.807, 2.05) is 0 Å². The van der Waals surface area contributed by atoms with Gasteiger partial charge < -0.3 is 4.57 Å². The van der Waals surface area contributed by atoms with Crippen molar-refractivity contribution in [3.8, 4) is 0 Å². The largest absolute Gasteiger partial charge is 0.419 e. The lowest BCUT2D eigenvalue weighted by atomic mass is 10.0. The Labute approximate surface area is 112 Å². The van der Waals surface area contributed by atoms with E-state index in [0.717, 1.165) is 12.1 Å². The Morgan fingerprint density at radius 3 is 2.55 bits per heavy atom. The lowest BCUT2D eigenvalue weighted by Gasteiger charge is -2.18. The first kappa shape index (κ1) is 14.5. The number of nitrogens with one attached hydrogen (secondary N) is 1. The molecule has 0 fully saturated rings. The highest BCUT2D eigenvalue weighted by Gasteiger charge is 2.35. The predicted octanol–water partition coefficient (Wildman–Crippen LogP) is 2.13. The number of nitrogens with zero attached hydrogens (tertiary/aromatic N) is 2. The van der Waals surface area contributed by atoms with Crippen molar-refractivity contribution < 1.29 is 17.6 Å². The molecular formula is C12H12F4N4. The summed E-state index contributed by atoms with van der Waals surface area (Å²) in [7, 11) is 1.68. The molecule has 108 valence electrons. The van der Waals surface area contributed by atoms with Crippen LogP contribution in [0.15, 0.2) is 30.6 Å². The summed E-state index contributed by atoms with van der Waals surface area (Å²) in [6.07, 6.45) is -1.64. The maximum absolute atomic E-state index is 13.3. The van der Waals surface area contributed by atoms with Gasteiger partial charge in [-0.2, -0.15) is 13.2 Å². The van der Waals surface area contributed by atoms with Crippen LogP contribution in [0.25, 0.3) is 0 Å². The van der Waals surface area contributed by atoms with Gasteiger partial charge in [0.2, 0.25) is 0 Å². The summed E-state index contributed by atoms with van der Waals surface area (Å²) in [5, 5.41) is 0. The van der Waals surface area contributed by atoms with Gasteiger partial charge in [-0.3, -0.25) is 5.84 Å². The average molecular weight is 288 g/mol. The van der Waals surface area contributed by atoms with Crippen LogP contribution in [0.3, 0.4) is 0 Å². The molecule has 0 amide bonds. The molecule has 2 aromatic rings. The number of nitrogens with two attached hydrogens (primary N) is 1. The van der Waals surface area contributed by atoms with Gasteiger partial charge in [0.25, 0.3) is 0 Å². The smallest absolute Gasteiger partial charge is 0.336 e. The molecule has 8 heteroatoms. The highest BCUT2D eigenvalue weighted by molar-refractivity contribution is 5.32. The second-order valence-electron chi connectivity index (χ2n) is 4.23. The highest BCUT2D eigenvalue weighted by atomic mass is 19.4. The summed E-state index contributed by atoms with van der Waals surface area (Å²) in [6, 6.07) is 1.97. The van der Waals surface area contributed by atoms with Crippen LogP contribution in [0.2, 0.25) is 0 Å². The quantitative estimate of drug-likeness (QED) is 0.517. The Bertz CT molecular complexity index is 606. The van der Waals surface area contributed by atoms with Crippen LogP contribution < -0.4 is 11.3 Å². The van der Waals surface area contributed by atoms with E-state index in [-0.39, 0.29) is 5.56 Å². The van der Waals surface area contributed by atoms with Crippen LogP contribution in [0.5, 0.6) is 0 Å². The van der Waals surface area contributed by atoms with Crippen molar-refractivity contribution in [3.05, 3.63) is 53.4 Å². The summed E-state index contributed by atoms with van der Waals surface area (Å²) >= 11 is 0. The highest BCUT2D eigenvalue weighted by Crippen LogP contribution is 2.33. The third-order valence-electron chi connectivity index (χ3n) is 2.91. The van der Waals surface area contributed by atoms with E-state index in [1.165, 1.54) is 12.3 Å². The van der Waals surface area contributed by atoms with E-state index in [9.17, 15) is 17.6 Å². The lowest BCUT2D eigenvalue weighted by Crippen LogP contribution is -2.31. The Hall–Kier alpha value is -1.93. The fourth-order valence-corrected chi connectivity index (χ4v) is 1.91. The maximum Gasteiger partial charge on any atom is 0.419 e. The van der Waals surface area contributed by atoms with Crippen LogP contribution in [-0.4, -0.2) is 9.55 Å². The Kier molecular flexibility index (Phi) is 3.78. The zero-order valence-electron chi connectivity index (χ0n) is 10.4. The average Bonchev–Trinajstić information content (AvgIpc) is 2.77. The number of hydrogen-bond acceptors (Lipinski definition) is 3. The topological polar surface area (TPSA) is 55.9 Å². The molecule has 2 rings (SSSR count). The van der Waals surface area contributed by atoms with E-state index >= 15 is 0 Å². The first-order chi connectivity index (χ1) is 9.34. The molecule has 0 aliphatic heterocycles. The number of halogens is 4. The fraction of sp³-hybridized carbons (Fsp3) is 0.250. The Morgan fingerprint density at radius 2 is 2.05 bits per heavy atom. The van der Waals surface area contributed by atoms with Crippen molar-refractivity contribution in [2.75, 3.05) is 0 Å². The predicted molar refractivity (Wildman–Crippen MR) is 63.8 cm³/mol. The second kappa shape index (κ2) is 5.22. The molecule has 0 bridgehead atoms. The molecule has 0 saturated heterocycles.